The van der Waals surface area contributed by atoms with Crippen LogP contribution in [0.2, 0.25) is 0 Å². The monoisotopic (exact) mass is 356 g/mol. The minimum Gasteiger partial charge on any atom is -0.400 e. The van der Waals surface area contributed by atoms with E-state index in [1.807, 2.05) is 50.2 Å². The second-order valence-corrected chi connectivity index (χ2v) is 5.94. The molecule has 6 heteroatoms. The van der Waals surface area contributed by atoms with Gasteiger partial charge in [0.05, 0.1) is 17.1 Å². The van der Waals surface area contributed by atoms with E-state index in [1.54, 1.807) is 6.92 Å². The Balaban J connectivity index is 0.00000163. The molecular formula is C20H28N4O2. The molecule has 0 aliphatic heterocycles. The van der Waals surface area contributed by atoms with Gasteiger partial charge in [0.25, 0.3) is 0 Å². The first-order valence-electron chi connectivity index (χ1n) is 8.55. The lowest BCUT2D eigenvalue weighted by Crippen LogP contribution is -2.06. The number of rotatable bonds is 7. The van der Waals surface area contributed by atoms with Gasteiger partial charge in [0.15, 0.2) is 0 Å². The Kier molecular flexibility index (Phi) is 9.15. The second kappa shape index (κ2) is 11.1. The van der Waals surface area contributed by atoms with Crippen LogP contribution >= 0.6 is 0 Å². The van der Waals surface area contributed by atoms with Gasteiger partial charge in [-0.25, -0.2) is 0 Å². The molecule has 0 aromatic carbocycles. The summed E-state index contributed by atoms with van der Waals surface area (Å²) in [6.45, 7) is 8.21. The van der Waals surface area contributed by atoms with E-state index in [9.17, 15) is 0 Å². The van der Waals surface area contributed by atoms with Crippen molar-refractivity contribution in [3.8, 4) is 0 Å². The lowest BCUT2D eigenvalue weighted by atomic mass is 10.0. The molecule has 0 saturated carbocycles. The van der Waals surface area contributed by atoms with E-state index in [0.717, 1.165) is 42.0 Å². The van der Waals surface area contributed by atoms with Crippen molar-refractivity contribution in [1.82, 2.24) is 9.97 Å². The Hall–Kier alpha value is -2.60. The van der Waals surface area contributed by atoms with Crippen molar-refractivity contribution >= 4 is 11.4 Å². The zero-order valence-corrected chi connectivity index (χ0v) is 16.2. The predicted octanol–water partition coefficient (Wildman–Crippen LogP) is 3.72. The van der Waals surface area contributed by atoms with Gasteiger partial charge in [-0.05, 0) is 51.5 Å². The molecule has 2 heterocycles. The van der Waals surface area contributed by atoms with Crippen molar-refractivity contribution in [2.45, 2.75) is 40.0 Å². The van der Waals surface area contributed by atoms with Crippen LogP contribution in [0.1, 0.15) is 55.9 Å². The Bertz CT molecular complexity index is 744. The third-order valence-electron chi connectivity index (χ3n) is 3.76. The van der Waals surface area contributed by atoms with Gasteiger partial charge in [-0.3, -0.25) is 9.97 Å². The van der Waals surface area contributed by atoms with Crippen molar-refractivity contribution in [2.75, 3.05) is 13.7 Å². The minimum atomic E-state index is 0.247. The maximum absolute atomic E-state index is 7.67. The molecule has 0 aliphatic rings. The summed E-state index contributed by atoms with van der Waals surface area (Å²) in [5, 5.41) is 18.8. The van der Waals surface area contributed by atoms with Gasteiger partial charge >= 0.3 is 0 Å². The van der Waals surface area contributed by atoms with Gasteiger partial charge in [0.1, 0.15) is 12.3 Å². The van der Waals surface area contributed by atoms with Crippen LogP contribution in [0.3, 0.4) is 0 Å². The fourth-order valence-electron chi connectivity index (χ4n) is 2.25. The average Bonchev–Trinajstić information content (AvgIpc) is 2.66. The molecule has 0 radical (unpaired) electrons. The SMILES string of the molecule is CC(=N)c1cccc(C(C)CCO/N=C(\C)c2cccc(C)n2)n1.CO. The highest BCUT2D eigenvalue weighted by atomic mass is 16.6. The zero-order chi connectivity index (χ0) is 19.5. The number of aliphatic hydroxyl groups excluding tert-OH is 1. The summed E-state index contributed by atoms with van der Waals surface area (Å²) < 4.78 is 0. The van der Waals surface area contributed by atoms with Crippen LogP contribution < -0.4 is 0 Å². The van der Waals surface area contributed by atoms with E-state index in [2.05, 4.69) is 22.0 Å². The normalized spacial score (nSPS) is 12.0. The van der Waals surface area contributed by atoms with E-state index in [0.29, 0.717) is 12.3 Å². The summed E-state index contributed by atoms with van der Waals surface area (Å²) in [5.41, 5.74) is 4.74. The van der Waals surface area contributed by atoms with Crippen LogP contribution in [0.4, 0.5) is 0 Å². The highest BCUT2D eigenvalue weighted by Gasteiger charge is 2.09. The number of aryl methyl sites for hydroxylation is 1. The Labute approximate surface area is 155 Å². The summed E-state index contributed by atoms with van der Waals surface area (Å²) >= 11 is 0. The summed E-state index contributed by atoms with van der Waals surface area (Å²) in [5.74, 6) is 0.247. The summed E-state index contributed by atoms with van der Waals surface area (Å²) in [4.78, 5) is 14.4. The highest BCUT2D eigenvalue weighted by molar-refractivity contribution is 5.96. The molecule has 26 heavy (non-hydrogen) atoms. The third-order valence-corrected chi connectivity index (χ3v) is 3.76. The van der Waals surface area contributed by atoms with E-state index in [-0.39, 0.29) is 5.92 Å². The van der Waals surface area contributed by atoms with Gasteiger partial charge in [0, 0.05) is 24.4 Å². The molecule has 0 fully saturated rings. The first-order chi connectivity index (χ1) is 12.5. The molecule has 2 N–H and O–H groups in total. The summed E-state index contributed by atoms with van der Waals surface area (Å²) in [6.07, 6.45) is 0.811. The van der Waals surface area contributed by atoms with Crippen molar-refractivity contribution in [1.29, 1.82) is 5.41 Å². The minimum absolute atomic E-state index is 0.247. The number of oxime groups is 1. The number of aromatic nitrogens is 2. The molecule has 2 aromatic rings. The lowest BCUT2D eigenvalue weighted by Gasteiger charge is -2.11. The van der Waals surface area contributed by atoms with Crippen molar-refractivity contribution in [3.63, 3.8) is 0 Å². The van der Waals surface area contributed by atoms with Crippen LogP contribution in [0.5, 0.6) is 0 Å². The van der Waals surface area contributed by atoms with Gasteiger partial charge in [-0.15, -0.1) is 0 Å². The topological polar surface area (TPSA) is 91.5 Å². The molecule has 0 aliphatic carbocycles. The fraction of sp³-hybridized carbons (Fsp3) is 0.400. The summed E-state index contributed by atoms with van der Waals surface area (Å²) in [7, 11) is 1.00. The standard InChI is InChI=1S/C19H24N4O.CH4O/c1-13(17-8-6-9-18(22-17)15(3)20)11-12-24-23-16(4)19-10-5-7-14(2)21-19;1-2/h5-10,13,20H,11-12H2,1-4H3;2H,1H3/b20-15?,23-16+;. The van der Waals surface area contributed by atoms with Crippen LogP contribution in [0.15, 0.2) is 41.6 Å². The Morgan fingerprint density at radius 2 is 1.77 bits per heavy atom. The van der Waals surface area contributed by atoms with Gasteiger partial charge in [-0.2, -0.15) is 0 Å². The molecule has 6 nitrogen and oxygen atoms in total. The van der Waals surface area contributed by atoms with Crippen LogP contribution in [-0.2, 0) is 4.84 Å². The van der Waals surface area contributed by atoms with Crippen molar-refractivity contribution in [2.24, 2.45) is 5.16 Å². The molecule has 0 amide bonds. The number of pyridine rings is 2. The zero-order valence-electron chi connectivity index (χ0n) is 16.2. The van der Waals surface area contributed by atoms with Crippen molar-refractivity contribution in [3.05, 3.63) is 59.2 Å². The van der Waals surface area contributed by atoms with E-state index < -0.39 is 0 Å². The highest BCUT2D eigenvalue weighted by Crippen LogP contribution is 2.17. The van der Waals surface area contributed by atoms with Gasteiger partial charge in [-0.1, -0.05) is 24.2 Å². The molecule has 0 bridgehead atoms. The Morgan fingerprint density at radius 1 is 1.12 bits per heavy atom. The van der Waals surface area contributed by atoms with Crippen molar-refractivity contribution < 1.29 is 9.94 Å². The molecule has 2 aromatic heterocycles. The predicted molar refractivity (Wildman–Crippen MR) is 105 cm³/mol. The first kappa shape index (κ1) is 21.4. The van der Waals surface area contributed by atoms with Gasteiger partial charge < -0.3 is 15.4 Å². The third kappa shape index (κ3) is 6.72. The molecule has 0 spiro atoms. The van der Waals surface area contributed by atoms with Crippen LogP contribution in [0.25, 0.3) is 0 Å². The number of nitrogens with zero attached hydrogens (tertiary/aromatic N) is 3. The lowest BCUT2D eigenvalue weighted by molar-refractivity contribution is 0.137. The van der Waals surface area contributed by atoms with E-state index in [1.165, 1.54) is 0 Å². The molecular weight excluding hydrogens is 328 g/mol. The quantitative estimate of drug-likeness (QED) is 0.449. The molecule has 1 atom stereocenters. The smallest absolute Gasteiger partial charge is 0.117 e. The molecule has 140 valence electrons. The van der Waals surface area contributed by atoms with Crippen LogP contribution in [0, 0.1) is 12.3 Å². The fourth-order valence-corrected chi connectivity index (χ4v) is 2.25. The Morgan fingerprint density at radius 3 is 2.42 bits per heavy atom. The largest absolute Gasteiger partial charge is 0.400 e. The molecule has 2 rings (SSSR count). The maximum Gasteiger partial charge on any atom is 0.117 e. The molecule has 0 saturated heterocycles. The van der Waals surface area contributed by atoms with E-state index in [4.69, 9.17) is 15.4 Å². The van der Waals surface area contributed by atoms with Gasteiger partial charge in [0.2, 0.25) is 0 Å². The summed E-state index contributed by atoms with van der Waals surface area (Å²) in [6, 6.07) is 11.6. The number of aliphatic hydroxyl groups is 1. The molecule has 1 unspecified atom stereocenters. The van der Waals surface area contributed by atoms with E-state index >= 15 is 0 Å². The first-order valence-corrected chi connectivity index (χ1v) is 8.55. The average molecular weight is 356 g/mol. The maximum atomic E-state index is 7.67. The number of hydrogen-bond acceptors (Lipinski definition) is 6. The number of hydrogen-bond donors (Lipinski definition) is 2. The number of nitrogens with one attached hydrogen (secondary N) is 1. The van der Waals surface area contributed by atoms with Crippen LogP contribution in [-0.4, -0.2) is 40.2 Å². The second-order valence-electron chi connectivity index (χ2n) is 5.94.